The number of nitrogens with one attached hydrogen (secondary N) is 2. The molecule has 3 atom stereocenters. The maximum absolute atomic E-state index is 11.5. The van der Waals surface area contributed by atoms with Gasteiger partial charge in [0.15, 0.2) is 0 Å². The lowest BCUT2D eigenvalue weighted by molar-refractivity contribution is -0.123. The van der Waals surface area contributed by atoms with Crippen LogP contribution in [0.5, 0.6) is 0 Å². The summed E-state index contributed by atoms with van der Waals surface area (Å²) < 4.78 is 0. The van der Waals surface area contributed by atoms with E-state index in [1.807, 2.05) is 0 Å². The number of amides is 1. The first kappa shape index (κ1) is 7.80. The number of hydrogen-bond donors (Lipinski definition) is 2. The first-order valence-electron chi connectivity index (χ1n) is 5.36. The van der Waals surface area contributed by atoms with E-state index in [0.717, 1.165) is 18.8 Å². The third-order valence-electron chi connectivity index (χ3n) is 3.60. The van der Waals surface area contributed by atoms with Gasteiger partial charge >= 0.3 is 0 Å². The standard InChI is InChI=1S/C10H16N2O/c13-10(7-1-2-7)12-9-4-6-3-8(9)11-5-6/h6-9,11H,1-5H2,(H,12,13). The predicted octanol–water partition coefficient (Wildman–Crippen LogP) is 0.263. The van der Waals surface area contributed by atoms with Crippen LogP contribution in [0.4, 0.5) is 0 Å². The Balaban J connectivity index is 1.58. The van der Waals surface area contributed by atoms with Crippen molar-refractivity contribution in [2.24, 2.45) is 11.8 Å². The van der Waals surface area contributed by atoms with E-state index in [9.17, 15) is 4.79 Å². The summed E-state index contributed by atoms with van der Waals surface area (Å²) in [6.45, 7) is 1.17. The van der Waals surface area contributed by atoms with Gasteiger partial charge in [-0.25, -0.2) is 0 Å². The summed E-state index contributed by atoms with van der Waals surface area (Å²) in [5.41, 5.74) is 0. The average molecular weight is 180 g/mol. The molecule has 13 heavy (non-hydrogen) atoms. The second-order valence-electron chi connectivity index (χ2n) is 4.74. The molecule has 2 saturated carbocycles. The van der Waals surface area contributed by atoms with E-state index in [1.54, 1.807) is 0 Å². The van der Waals surface area contributed by atoms with Gasteiger partial charge in [-0.3, -0.25) is 4.79 Å². The molecule has 2 bridgehead atoms. The van der Waals surface area contributed by atoms with Gasteiger partial charge in [-0.05, 0) is 38.1 Å². The Bertz CT molecular complexity index is 237. The van der Waals surface area contributed by atoms with Crippen LogP contribution >= 0.6 is 0 Å². The quantitative estimate of drug-likeness (QED) is 0.640. The summed E-state index contributed by atoms with van der Waals surface area (Å²) in [6.07, 6.45) is 4.70. The molecule has 1 amide bonds. The highest BCUT2D eigenvalue weighted by Gasteiger charge is 2.41. The SMILES string of the molecule is O=C(NC1CC2CNC1C2)C1CC1. The zero-order chi connectivity index (χ0) is 8.84. The molecule has 3 aliphatic rings. The number of fused-ring (bicyclic) bond motifs is 2. The fourth-order valence-corrected chi connectivity index (χ4v) is 2.66. The Labute approximate surface area is 78.3 Å². The monoisotopic (exact) mass is 180 g/mol. The van der Waals surface area contributed by atoms with Crippen LogP contribution in [-0.2, 0) is 4.79 Å². The van der Waals surface area contributed by atoms with Crippen molar-refractivity contribution in [2.75, 3.05) is 6.54 Å². The molecule has 72 valence electrons. The van der Waals surface area contributed by atoms with Crippen LogP contribution in [0.3, 0.4) is 0 Å². The van der Waals surface area contributed by atoms with Crippen molar-refractivity contribution >= 4 is 5.91 Å². The van der Waals surface area contributed by atoms with Gasteiger partial charge < -0.3 is 10.6 Å². The summed E-state index contributed by atoms with van der Waals surface area (Å²) in [7, 11) is 0. The van der Waals surface area contributed by atoms with Crippen LogP contribution in [0.1, 0.15) is 25.7 Å². The number of carbonyl (C=O) groups is 1. The highest BCUT2D eigenvalue weighted by Crippen LogP contribution is 2.33. The molecule has 0 spiro atoms. The lowest BCUT2D eigenvalue weighted by Gasteiger charge is -2.23. The van der Waals surface area contributed by atoms with E-state index in [1.165, 1.54) is 19.4 Å². The lowest BCUT2D eigenvalue weighted by Crippen LogP contribution is -2.48. The van der Waals surface area contributed by atoms with Crippen molar-refractivity contribution in [3.05, 3.63) is 0 Å². The number of piperidine rings is 1. The second-order valence-corrected chi connectivity index (χ2v) is 4.74. The minimum absolute atomic E-state index is 0.305. The zero-order valence-electron chi connectivity index (χ0n) is 7.75. The van der Waals surface area contributed by atoms with Crippen LogP contribution in [0, 0.1) is 11.8 Å². The highest BCUT2D eigenvalue weighted by atomic mass is 16.2. The predicted molar refractivity (Wildman–Crippen MR) is 49.2 cm³/mol. The van der Waals surface area contributed by atoms with Crippen LogP contribution in [-0.4, -0.2) is 24.5 Å². The molecule has 0 aromatic carbocycles. The molecule has 3 nitrogen and oxygen atoms in total. The first-order valence-corrected chi connectivity index (χ1v) is 5.36. The van der Waals surface area contributed by atoms with Gasteiger partial charge in [0, 0.05) is 18.0 Å². The van der Waals surface area contributed by atoms with Gasteiger partial charge in [0.05, 0.1) is 0 Å². The third kappa shape index (κ3) is 1.35. The van der Waals surface area contributed by atoms with Crippen molar-refractivity contribution < 1.29 is 4.79 Å². The van der Waals surface area contributed by atoms with Gasteiger partial charge in [-0.15, -0.1) is 0 Å². The number of hydrogen-bond acceptors (Lipinski definition) is 2. The van der Waals surface area contributed by atoms with Gasteiger partial charge in [0.1, 0.15) is 0 Å². The van der Waals surface area contributed by atoms with Crippen molar-refractivity contribution in [1.82, 2.24) is 10.6 Å². The smallest absolute Gasteiger partial charge is 0.223 e. The van der Waals surface area contributed by atoms with E-state index >= 15 is 0 Å². The van der Waals surface area contributed by atoms with Crippen molar-refractivity contribution in [2.45, 2.75) is 37.8 Å². The molecule has 1 aliphatic heterocycles. The molecule has 2 N–H and O–H groups in total. The van der Waals surface area contributed by atoms with Gasteiger partial charge in [0.2, 0.25) is 5.91 Å². The average Bonchev–Trinajstić information content (AvgIpc) is 2.79. The molecule has 3 unspecified atom stereocenters. The van der Waals surface area contributed by atoms with Crippen molar-refractivity contribution in [1.29, 1.82) is 0 Å². The van der Waals surface area contributed by atoms with Gasteiger partial charge in [0.25, 0.3) is 0 Å². The van der Waals surface area contributed by atoms with Crippen LogP contribution in [0.2, 0.25) is 0 Å². The minimum Gasteiger partial charge on any atom is -0.352 e. The topological polar surface area (TPSA) is 41.1 Å². The highest BCUT2D eigenvalue weighted by molar-refractivity contribution is 5.81. The minimum atomic E-state index is 0.305. The first-order chi connectivity index (χ1) is 6.33. The van der Waals surface area contributed by atoms with Crippen LogP contribution in [0.25, 0.3) is 0 Å². The molecule has 0 aromatic heterocycles. The largest absolute Gasteiger partial charge is 0.352 e. The Morgan fingerprint density at radius 3 is 2.69 bits per heavy atom. The molecule has 0 radical (unpaired) electrons. The molecule has 1 heterocycles. The maximum atomic E-state index is 11.5. The maximum Gasteiger partial charge on any atom is 0.223 e. The van der Waals surface area contributed by atoms with E-state index < -0.39 is 0 Å². The summed E-state index contributed by atoms with van der Waals surface area (Å²) in [5, 5.41) is 6.63. The van der Waals surface area contributed by atoms with E-state index in [2.05, 4.69) is 10.6 Å². The summed E-state index contributed by atoms with van der Waals surface area (Å²) in [4.78, 5) is 11.5. The molecule has 3 rings (SSSR count). The van der Waals surface area contributed by atoms with E-state index in [0.29, 0.717) is 23.9 Å². The fraction of sp³-hybridized carbons (Fsp3) is 0.900. The van der Waals surface area contributed by atoms with Gasteiger partial charge in [-0.1, -0.05) is 0 Å². The van der Waals surface area contributed by atoms with E-state index in [-0.39, 0.29) is 0 Å². The number of carbonyl (C=O) groups excluding carboxylic acids is 1. The number of rotatable bonds is 2. The Morgan fingerprint density at radius 1 is 1.31 bits per heavy atom. The lowest BCUT2D eigenvalue weighted by atomic mass is 10.1. The molecular weight excluding hydrogens is 164 g/mol. The van der Waals surface area contributed by atoms with E-state index in [4.69, 9.17) is 0 Å². The molecule has 3 heteroatoms. The van der Waals surface area contributed by atoms with Crippen LogP contribution < -0.4 is 10.6 Å². The molecule has 3 fully saturated rings. The Morgan fingerprint density at radius 2 is 2.15 bits per heavy atom. The zero-order valence-corrected chi connectivity index (χ0v) is 7.75. The normalized spacial score (nSPS) is 42.3. The molecule has 1 saturated heterocycles. The molecule has 2 aliphatic carbocycles. The summed E-state index contributed by atoms with van der Waals surface area (Å²) >= 11 is 0. The molecule has 0 aromatic rings. The van der Waals surface area contributed by atoms with Gasteiger partial charge in [-0.2, -0.15) is 0 Å². The van der Waals surface area contributed by atoms with Crippen molar-refractivity contribution in [3.63, 3.8) is 0 Å². The Kier molecular flexibility index (Phi) is 1.62. The van der Waals surface area contributed by atoms with Crippen LogP contribution in [0.15, 0.2) is 0 Å². The summed E-state index contributed by atoms with van der Waals surface area (Å²) in [6, 6.07) is 1.01. The fourth-order valence-electron chi connectivity index (χ4n) is 2.66. The Hall–Kier alpha value is -0.570. The molecular formula is C10H16N2O. The summed E-state index contributed by atoms with van der Waals surface area (Å²) in [5.74, 6) is 1.49. The second kappa shape index (κ2) is 2.71. The third-order valence-corrected chi connectivity index (χ3v) is 3.60. The van der Waals surface area contributed by atoms with Crippen molar-refractivity contribution in [3.8, 4) is 0 Å².